The Kier molecular flexibility index (Phi) is 3.72. The van der Waals surface area contributed by atoms with Gasteiger partial charge in [-0.05, 0) is 53.1 Å². The molecule has 0 bridgehead atoms. The molecule has 3 rings (SSSR count). The number of benzene rings is 1. The lowest BCUT2D eigenvalue weighted by Crippen LogP contribution is -2.38. The summed E-state index contributed by atoms with van der Waals surface area (Å²) in [6, 6.07) is 7.64. The van der Waals surface area contributed by atoms with Crippen molar-refractivity contribution in [3.63, 3.8) is 0 Å². The molecular weight excluding hydrogens is 355 g/mol. The molecule has 19 heavy (non-hydrogen) atoms. The van der Waals surface area contributed by atoms with Gasteiger partial charge in [0.15, 0.2) is 18.5 Å². The van der Waals surface area contributed by atoms with Gasteiger partial charge in [0.05, 0.1) is 0 Å². The molecule has 1 fully saturated rings. The van der Waals surface area contributed by atoms with Crippen molar-refractivity contribution in [1.82, 2.24) is 4.90 Å². The molecule has 5 heteroatoms. The number of halogens is 1. The van der Waals surface area contributed by atoms with Crippen LogP contribution >= 0.6 is 22.6 Å². The molecule has 1 saturated heterocycles. The van der Waals surface area contributed by atoms with Gasteiger partial charge in [-0.25, -0.2) is 4.99 Å². The smallest absolute Gasteiger partial charge is 0.251 e. The summed E-state index contributed by atoms with van der Waals surface area (Å²) in [7, 11) is 0. The highest BCUT2D eigenvalue weighted by Gasteiger charge is 2.37. The van der Waals surface area contributed by atoms with Crippen molar-refractivity contribution in [2.45, 2.75) is 25.0 Å². The summed E-state index contributed by atoms with van der Waals surface area (Å²) in [5.41, 5.74) is 1.01. The summed E-state index contributed by atoms with van der Waals surface area (Å²) in [4.78, 5) is 18.5. The molecule has 0 unspecified atom stereocenters. The summed E-state index contributed by atoms with van der Waals surface area (Å²) in [6.07, 6.45) is 3.33. The molecule has 0 radical (unpaired) electrons. The summed E-state index contributed by atoms with van der Waals surface area (Å²) in [5.74, 6) is 0.0924. The lowest BCUT2D eigenvalue weighted by atomic mass is 10.0. The maximum Gasteiger partial charge on any atom is 0.251 e. The number of aliphatic imine (C=N–C) groups is 1. The minimum absolute atomic E-state index is 0.0924. The van der Waals surface area contributed by atoms with Crippen LogP contribution in [0.3, 0.4) is 0 Å². The van der Waals surface area contributed by atoms with Crippen molar-refractivity contribution in [2.24, 2.45) is 4.99 Å². The molecule has 0 aromatic heterocycles. The number of amides is 1. The molecule has 1 aromatic rings. The highest BCUT2D eigenvalue weighted by atomic mass is 127. The lowest BCUT2D eigenvalue weighted by molar-refractivity contribution is -0.133. The van der Waals surface area contributed by atoms with Crippen molar-refractivity contribution < 1.29 is 9.53 Å². The molecule has 2 aliphatic heterocycles. The van der Waals surface area contributed by atoms with Crippen LogP contribution in [0.25, 0.3) is 0 Å². The third kappa shape index (κ3) is 2.61. The minimum atomic E-state index is -0.418. The fraction of sp³-hybridized carbons (Fsp3) is 0.429. The average molecular weight is 370 g/mol. The van der Waals surface area contributed by atoms with Crippen LogP contribution in [-0.4, -0.2) is 36.3 Å². The van der Waals surface area contributed by atoms with Gasteiger partial charge in [-0.15, -0.1) is 0 Å². The SMILES string of the molecule is O=C([C@@H]1N=CO[C@H]1c1ccc(I)cc1)N1CCCC1. The monoisotopic (exact) mass is 370 g/mol. The zero-order valence-corrected chi connectivity index (χ0v) is 12.6. The van der Waals surface area contributed by atoms with Crippen LogP contribution in [0.4, 0.5) is 0 Å². The topological polar surface area (TPSA) is 41.9 Å². The number of likely N-dealkylation sites (tertiary alicyclic amines) is 1. The number of nitrogens with zero attached hydrogens (tertiary/aromatic N) is 2. The van der Waals surface area contributed by atoms with Crippen molar-refractivity contribution in [3.05, 3.63) is 33.4 Å². The first-order valence-electron chi connectivity index (χ1n) is 6.47. The van der Waals surface area contributed by atoms with E-state index in [1.165, 1.54) is 9.97 Å². The number of carbonyl (C=O) groups excluding carboxylic acids is 1. The van der Waals surface area contributed by atoms with Crippen molar-refractivity contribution in [1.29, 1.82) is 0 Å². The normalized spacial score (nSPS) is 25.6. The van der Waals surface area contributed by atoms with Gasteiger partial charge in [0.2, 0.25) is 0 Å². The van der Waals surface area contributed by atoms with E-state index in [0.29, 0.717) is 0 Å². The van der Waals surface area contributed by atoms with Crippen molar-refractivity contribution >= 4 is 34.9 Å². The second-order valence-corrected chi connectivity index (χ2v) is 6.09. The van der Waals surface area contributed by atoms with E-state index in [0.717, 1.165) is 31.5 Å². The van der Waals surface area contributed by atoms with Crippen LogP contribution in [0, 0.1) is 3.57 Å². The number of ether oxygens (including phenoxy) is 1. The van der Waals surface area contributed by atoms with Crippen LogP contribution in [0.5, 0.6) is 0 Å². The number of carbonyl (C=O) groups is 1. The third-order valence-electron chi connectivity index (χ3n) is 3.58. The number of hydrogen-bond acceptors (Lipinski definition) is 3. The second-order valence-electron chi connectivity index (χ2n) is 4.84. The highest BCUT2D eigenvalue weighted by molar-refractivity contribution is 14.1. The van der Waals surface area contributed by atoms with E-state index in [2.05, 4.69) is 27.6 Å². The lowest BCUT2D eigenvalue weighted by Gasteiger charge is -2.22. The van der Waals surface area contributed by atoms with Gasteiger partial charge in [-0.1, -0.05) is 12.1 Å². The van der Waals surface area contributed by atoms with E-state index in [4.69, 9.17) is 4.74 Å². The van der Waals surface area contributed by atoms with Crippen LogP contribution in [0.2, 0.25) is 0 Å². The Morgan fingerprint density at radius 3 is 2.63 bits per heavy atom. The van der Waals surface area contributed by atoms with E-state index in [1.807, 2.05) is 29.2 Å². The van der Waals surface area contributed by atoms with Crippen LogP contribution in [0.15, 0.2) is 29.3 Å². The molecule has 1 amide bonds. The Labute approximate surface area is 126 Å². The van der Waals surface area contributed by atoms with Crippen LogP contribution in [0.1, 0.15) is 24.5 Å². The number of hydrogen-bond donors (Lipinski definition) is 0. The zero-order valence-electron chi connectivity index (χ0n) is 10.5. The van der Waals surface area contributed by atoms with Crippen LogP contribution in [-0.2, 0) is 9.53 Å². The molecule has 4 nitrogen and oxygen atoms in total. The summed E-state index contributed by atoms with van der Waals surface area (Å²) >= 11 is 2.26. The zero-order chi connectivity index (χ0) is 13.2. The first-order chi connectivity index (χ1) is 9.25. The molecule has 0 aliphatic carbocycles. The van der Waals surface area contributed by atoms with E-state index >= 15 is 0 Å². The van der Waals surface area contributed by atoms with E-state index < -0.39 is 6.04 Å². The standard InChI is InChI=1S/C14H15IN2O2/c15-11-5-3-10(4-6-11)13-12(16-9-19-13)14(18)17-7-1-2-8-17/h3-6,9,12-13H,1-2,7-8H2/t12-,13+/m1/s1. The van der Waals surface area contributed by atoms with E-state index in [-0.39, 0.29) is 12.0 Å². The highest BCUT2D eigenvalue weighted by Crippen LogP contribution is 2.29. The van der Waals surface area contributed by atoms with Gasteiger partial charge >= 0.3 is 0 Å². The van der Waals surface area contributed by atoms with Crippen molar-refractivity contribution in [2.75, 3.05) is 13.1 Å². The molecule has 2 atom stereocenters. The van der Waals surface area contributed by atoms with Crippen LogP contribution < -0.4 is 0 Å². The van der Waals surface area contributed by atoms with E-state index in [9.17, 15) is 4.79 Å². The summed E-state index contributed by atoms with van der Waals surface area (Å²) in [6.45, 7) is 1.70. The predicted molar refractivity (Wildman–Crippen MR) is 81.1 cm³/mol. The molecule has 0 saturated carbocycles. The maximum atomic E-state index is 12.4. The van der Waals surface area contributed by atoms with Gasteiger partial charge in [0, 0.05) is 16.7 Å². The average Bonchev–Trinajstić information content (AvgIpc) is 3.10. The molecule has 1 aromatic carbocycles. The van der Waals surface area contributed by atoms with Gasteiger partial charge in [-0.3, -0.25) is 4.79 Å². The van der Waals surface area contributed by atoms with E-state index in [1.54, 1.807) is 0 Å². The third-order valence-corrected chi connectivity index (χ3v) is 4.30. The number of rotatable bonds is 2. The first kappa shape index (κ1) is 12.9. The molecule has 0 N–H and O–H groups in total. The molecule has 0 spiro atoms. The largest absolute Gasteiger partial charge is 0.473 e. The Bertz CT molecular complexity index is 495. The Hall–Kier alpha value is -1.11. The molecule has 2 aliphatic rings. The molecular formula is C14H15IN2O2. The van der Waals surface area contributed by atoms with Gasteiger partial charge in [-0.2, -0.15) is 0 Å². The summed E-state index contributed by atoms with van der Waals surface area (Å²) in [5, 5.41) is 0. The maximum absolute atomic E-state index is 12.4. The quantitative estimate of drug-likeness (QED) is 0.751. The van der Waals surface area contributed by atoms with Gasteiger partial charge in [0.25, 0.3) is 5.91 Å². The fourth-order valence-electron chi connectivity index (χ4n) is 2.55. The predicted octanol–water partition coefficient (Wildman–Crippen LogP) is 2.38. The Morgan fingerprint density at radius 1 is 1.26 bits per heavy atom. The molecule has 2 heterocycles. The fourth-order valence-corrected chi connectivity index (χ4v) is 2.91. The Morgan fingerprint density at radius 2 is 1.95 bits per heavy atom. The second kappa shape index (κ2) is 5.48. The molecule has 100 valence electrons. The van der Waals surface area contributed by atoms with Gasteiger partial charge < -0.3 is 9.64 Å². The minimum Gasteiger partial charge on any atom is -0.473 e. The summed E-state index contributed by atoms with van der Waals surface area (Å²) < 4.78 is 6.70. The van der Waals surface area contributed by atoms with Crippen molar-refractivity contribution in [3.8, 4) is 0 Å². The first-order valence-corrected chi connectivity index (χ1v) is 7.55. The Balaban J connectivity index is 1.78. The van der Waals surface area contributed by atoms with Gasteiger partial charge in [0.1, 0.15) is 0 Å².